The quantitative estimate of drug-likeness (QED) is 0.761. The minimum atomic E-state index is -3.50. The third-order valence-electron chi connectivity index (χ3n) is 5.03. The van der Waals surface area contributed by atoms with Gasteiger partial charge in [-0.2, -0.15) is 4.31 Å². The summed E-state index contributed by atoms with van der Waals surface area (Å²) in [5, 5.41) is 3.78. The van der Waals surface area contributed by atoms with E-state index in [0.29, 0.717) is 24.5 Å². The van der Waals surface area contributed by atoms with E-state index >= 15 is 0 Å². The lowest BCUT2D eigenvalue weighted by atomic mass is 9.97. The fraction of sp³-hybridized carbons (Fsp3) is 0.706. The van der Waals surface area contributed by atoms with Gasteiger partial charge < -0.3 is 9.42 Å². The van der Waals surface area contributed by atoms with Crippen molar-refractivity contribution in [1.29, 1.82) is 0 Å². The smallest absolute Gasteiger partial charge is 0.248 e. The van der Waals surface area contributed by atoms with E-state index in [9.17, 15) is 8.42 Å². The second-order valence-corrected chi connectivity index (χ2v) is 8.63. The standard InChI is InChI=1S/C17H27N3O3S/c1-14-17(15(2)23-18-14)24(21,22)20-12-10-19(11-13-20)9-8-16-6-4-3-5-7-16/h6H,3-5,7-13H2,1-2H3. The van der Waals surface area contributed by atoms with Gasteiger partial charge in [0.1, 0.15) is 10.6 Å². The third-order valence-corrected chi connectivity index (χ3v) is 7.17. The third kappa shape index (κ3) is 3.73. The zero-order valence-electron chi connectivity index (χ0n) is 14.6. The zero-order valence-corrected chi connectivity index (χ0v) is 15.4. The average Bonchev–Trinajstić information content (AvgIpc) is 2.93. The molecule has 0 spiro atoms. The maximum Gasteiger partial charge on any atom is 0.248 e. The van der Waals surface area contributed by atoms with Crippen LogP contribution in [0, 0.1) is 13.8 Å². The summed E-state index contributed by atoms with van der Waals surface area (Å²) in [6.45, 7) is 7.01. The summed E-state index contributed by atoms with van der Waals surface area (Å²) in [6, 6.07) is 0. The summed E-state index contributed by atoms with van der Waals surface area (Å²) >= 11 is 0. The molecule has 1 aromatic rings. The van der Waals surface area contributed by atoms with Gasteiger partial charge in [0.05, 0.1) is 0 Å². The van der Waals surface area contributed by atoms with Gasteiger partial charge in [-0.15, -0.1) is 0 Å². The van der Waals surface area contributed by atoms with Crippen LogP contribution in [-0.2, 0) is 10.0 Å². The number of aromatic nitrogens is 1. The fourth-order valence-corrected chi connectivity index (χ4v) is 5.31. The van der Waals surface area contributed by atoms with Gasteiger partial charge in [-0.05, 0) is 46.0 Å². The summed E-state index contributed by atoms with van der Waals surface area (Å²) in [4.78, 5) is 2.61. The Hall–Kier alpha value is -1.18. The number of nitrogens with zero attached hydrogens (tertiary/aromatic N) is 3. The summed E-state index contributed by atoms with van der Waals surface area (Å²) < 4.78 is 32.2. The van der Waals surface area contributed by atoms with Gasteiger partial charge >= 0.3 is 0 Å². The lowest BCUT2D eigenvalue weighted by Crippen LogP contribution is -2.48. The molecule has 0 aromatic carbocycles. The molecule has 1 saturated heterocycles. The van der Waals surface area contributed by atoms with Crippen LogP contribution < -0.4 is 0 Å². The van der Waals surface area contributed by atoms with Crippen LogP contribution in [0.2, 0.25) is 0 Å². The Morgan fingerprint density at radius 3 is 2.50 bits per heavy atom. The molecule has 2 aliphatic rings. The molecule has 0 bridgehead atoms. The summed E-state index contributed by atoms with van der Waals surface area (Å²) in [7, 11) is -3.50. The molecule has 0 radical (unpaired) electrons. The predicted molar refractivity (Wildman–Crippen MR) is 92.3 cm³/mol. The lowest BCUT2D eigenvalue weighted by molar-refractivity contribution is 0.189. The van der Waals surface area contributed by atoms with Crippen molar-refractivity contribution in [1.82, 2.24) is 14.4 Å². The van der Waals surface area contributed by atoms with E-state index in [-0.39, 0.29) is 4.90 Å². The summed E-state index contributed by atoms with van der Waals surface area (Å²) in [5.41, 5.74) is 2.02. The van der Waals surface area contributed by atoms with Crippen LogP contribution in [-0.4, -0.2) is 55.5 Å². The zero-order chi connectivity index (χ0) is 17.2. The Labute approximate surface area is 144 Å². The van der Waals surface area contributed by atoms with Crippen molar-refractivity contribution in [2.75, 3.05) is 32.7 Å². The molecule has 1 fully saturated rings. The number of hydrogen-bond acceptors (Lipinski definition) is 5. The van der Waals surface area contributed by atoms with Crippen molar-refractivity contribution in [2.24, 2.45) is 0 Å². The Bertz CT molecular complexity index is 681. The number of sulfonamides is 1. The van der Waals surface area contributed by atoms with Crippen LogP contribution >= 0.6 is 0 Å². The summed E-state index contributed by atoms with van der Waals surface area (Å²) in [5.74, 6) is 0.374. The minimum absolute atomic E-state index is 0.239. The first kappa shape index (κ1) is 17.6. The molecule has 24 heavy (non-hydrogen) atoms. The van der Waals surface area contributed by atoms with Gasteiger partial charge in [-0.3, -0.25) is 0 Å². The fourth-order valence-electron chi connectivity index (χ4n) is 3.60. The van der Waals surface area contributed by atoms with E-state index < -0.39 is 10.0 Å². The van der Waals surface area contributed by atoms with Gasteiger partial charge in [-0.1, -0.05) is 16.8 Å². The highest BCUT2D eigenvalue weighted by atomic mass is 32.2. The minimum Gasteiger partial charge on any atom is -0.360 e. The molecule has 7 heteroatoms. The van der Waals surface area contributed by atoms with Crippen LogP contribution in [0.15, 0.2) is 21.1 Å². The lowest BCUT2D eigenvalue weighted by Gasteiger charge is -2.34. The number of rotatable bonds is 5. The molecule has 1 aliphatic heterocycles. The number of piperazine rings is 1. The van der Waals surface area contributed by atoms with Crippen molar-refractivity contribution < 1.29 is 12.9 Å². The first-order valence-electron chi connectivity index (χ1n) is 8.82. The Balaban J connectivity index is 1.56. The number of aryl methyl sites for hydroxylation is 2. The van der Waals surface area contributed by atoms with Crippen molar-refractivity contribution in [3.63, 3.8) is 0 Å². The van der Waals surface area contributed by atoms with Crippen LogP contribution in [0.5, 0.6) is 0 Å². The SMILES string of the molecule is Cc1noc(C)c1S(=O)(=O)N1CCN(CCC2=CCCCC2)CC1. The highest BCUT2D eigenvalue weighted by Gasteiger charge is 2.33. The Kier molecular flexibility index (Phi) is 5.42. The van der Waals surface area contributed by atoms with Crippen LogP contribution in [0.1, 0.15) is 43.6 Å². The maximum atomic E-state index is 12.8. The largest absolute Gasteiger partial charge is 0.360 e. The van der Waals surface area contributed by atoms with E-state index in [0.717, 1.165) is 26.1 Å². The number of allylic oxidation sites excluding steroid dienone is 1. The molecule has 0 N–H and O–H groups in total. The van der Waals surface area contributed by atoms with Gasteiger partial charge in [0, 0.05) is 32.7 Å². The van der Waals surface area contributed by atoms with Crippen molar-refractivity contribution in [2.45, 2.75) is 50.8 Å². The second kappa shape index (κ2) is 7.37. The first-order chi connectivity index (χ1) is 11.5. The average molecular weight is 353 g/mol. The molecule has 0 amide bonds. The molecule has 1 aliphatic carbocycles. The van der Waals surface area contributed by atoms with E-state index in [1.165, 1.54) is 25.7 Å². The highest BCUT2D eigenvalue weighted by molar-refractivity contribution is 7.89. The van der Waals surface area contributed by atoms with Crippen molar-refractivity contribution >= 4 is 10.0 Å². The van der Waals surface area contributed by atoms with Crippen LogP contribution in [0.25, 0.3) is 0 Å². The van der Waals surface area contributed by atoms with Crippen LogP contribution in [0.3, 0.4) is 0 Å². The predicted octanol–water partition coefficient (Wildman–Crippen LogP) is 2.49. The number of hydrogen-bond donors (Lipinski definition) is 0. The Morgan fingerprint density at radius 2 is 1.92 bits per heavy atom. The molecular weight excluding hydrogens is 326 g/mol. The molecule has 0 unspecified atom stereocenters. The highest BCUT2D eigenvalue weighted by Crippen LogP contribution is 2.25. The summed E-state index contributed by atoms with van der Waals surface area (Å²) in [6.07, 6.45) is 8.61. The van der Waals surface area contributed by atoms with E-state index in [4.69, 9.17) is 4.52 Å². The molecule has 0 saturated carbocycles. The van der Waals surface area contributed by atoms with Crippen molar-refractivity contribution in [3.8, 4) is 0 Å². The first-order valence-corrected chi connectivity index (χ1v) is 10.3. The molecule has 3 rings (SSSR count). The topological polar surface area (TPSA) is 66.7 Å². The Morgan fingerprint density at radius 1 is 1.17 bits per heavy atom. The van der Waals surface area contributed by atoms with E-state index in [1.54, 1.807) is 23.7 Å². The molecular formula is C17H27N3O3S. The van der Waals surface area contributed by atoms with Gasteiger partial charge in [-0.25, -0.2) is 8.42 Å². The second-order valence-electron chi connectivity index (χ2n) is 6.76. The van der Waals surface area contributed by atoms with Crippen LogP contribution in [0.4, 0.5) is 0 Å². The van der Waals surface area contributed by atoms with Gasteiger partial charge in [0.25, 0.3) is 0 Å². The van der Waals surface area contributed by atoms with Gasteiger partial charge in [0.15, 0.2) is 5.76 Å². The molecule has 6 nitrogen and oxygen atoms in total. The normalized spacial score (nSPS) is 21.0. The molecule has 134 valence electrons. The maximum absolute atomic E-state index is 12.8. The molecule has 0 atom stereocenters. The molecule has 2 heterocycles. The molecule has 1 aromatic heterocycles. The van der Waals surface area contributed by atoms with Gasteiger partial charge in [0.2, 0.25) is 10.0 Å². The van der Waals surface area contributed by atoms with Crippen molar-refractivity contribution in [3.05, 3.63) is 23.1 Å². The van der Waals surface area contributed by atoms with E-state index in [2.05, 4.69) is 16.1 Å². The monoisotopic (exact) mass is 353 g/mol. The van der Waals surface area contributed by atoms with E-state index in [1.807, 2.05) is 0 Å².